The lowest BCUT2D eigenvalue weighted by molar-refractivity contribution is -0.122. The van der Waals surface area contributed by atoms with Crippen molar-refractivity contribution in [2.24, 2.45) is 11.8 Å². The van der Waals surface area contributed by atoms with Crippen molar-refractivity contribution in [3.8, 4) is 0 Å². The van der Waals surface area contributed by atoms with Crippen LogP contribution in [0.2, 0.25) is 0 Å². The van der Waals surface area contributed by atoms with E-state index in [0.29, 0.717) is 18.9 Å². The minimum absolute atomic E-state index is 0.109. The highest BCUT2D eigenvalue weighted by Gasteiger charge is 2.43. The molecule has 1 aliphatic rings. The van der Waals surface area contributed by atoms with E-state index in [2.05, 4.69) is 19.2 Å². The van der Waals surface area contributed by atoms with Gasteiger partial charge in [0.15, 0.2) is 0 Å². The van der Waals surface area contributed by atoms with E-state index in [-0.39, 0.29) is 11.8 Å². The van der Waals surface area contributed by atoms with Crippen LogP contribution in [-0.2, 0) is 4.79 Å². The second-order valence-electron chi connectivity index (χ2n) is 3.62. The van der Waals surface area contributed by atoms with Crippen LogP contribution < -0.4 is 5.32 Å². The van der Waals surface area contributed by atoms with Gasteiger partial charge >= 0.3 is 0 Å². The molecule has 0 heterocycles. The van der Waals surface area contributed by atoms with E-state index in [1.54, 1.807) is 0 Å². The zero-order valence-electron chi connectivity index (χ0n) is 7.64. The zero-order valence-corrected chi connectivity index (χ0v) is 7.64. The average Bonchev–Trinajstić information content (AvgIpc) is 2.77. The lowest BCUT2D eigenvalue weighted by atomic mass is 10.1. The number of amides is 1. The summed E-state index contributed by atoms with van der Waals surface area (Å²) in [5, 5.41) is 2.75. The summed E-state index contributed by atoms with van der Waals surface area (Å²) >= 11 is 0. The minimum atomic E-state index is -0.873. The summed E-state index contributed by atoms with van der Waals surface area (Å²) in [6.07, 6.45) is 0.595. The van der Waals surface area contributed by atoms with Crippen molar-refractivity contribution in [1.29, 1.82) is 0 Å². The van der Waals surface area contributed by atoms with Crippen molar-refractivity contribution in [2.45, 2.75) is 32.9 Å². The van der Waals surface area contributed by atoms with Crippen molar-refractivity contribution in [3.63, 3.8) is 0 Å². The largest absolute Gasteiger partial charge is 0.356 e. The number of hydrogen-bond donors (Lipinski definition) is 1. The molecule has 0 spiro atoms. The van der Waals surface area contributed by atoms with Gasteiger partial charge < -0.3 is 5.32 Å². The van der Waals surface area contributed by atoms with Crippen LogP contribution >= 0.6 is 0 Å². The monoisotopic (exact) mass is 173 g/mol. The first kappa shape index (κ1) is 9.49. The van der Waals surface area contributed by atoms with E-state index in [1.165, 1.54) is 0 Å². The molecule has 0 aromatic rings. The second kappa shape index (κ2) is 3.87. The number of alkyl halides is 1. The third kappa shape index (κ3) is 2.47. The Labute approximate surface area is 72.5 Å². The highest BCUT2D eigenvalue weighted by Crippen LogP contribution is 2.33. The van der Waals surface area contributed by atoms with Crippen LogP contribution in [0.5, 0.6) is 0 Å². The van der Waals surface area contributed by atoms with Gasteiger partial charge in [-0.25, -0.2) is 4.39 Å². The Morgan fingerprint density at radius 1 is 1.75 bits per heavy atom. The van der Waals surface area contributed by atoms with Gasteiger partial charge in [-0.05, 0) is 12.3 Å². The normalized spacial score (nSPS) is 29.6. The fourth-order valence-electron chi connectivity index (χ4n) is 0.986. The van der Waals surface area contributed by atoms with E-state index >= 15 is 0 Å². The fraction of sp³-hybridized carbons (Fsp3) is 0.889. The van der Waals surface area contributed by atoms with Crippen LogP contribution in [0.1, 0.15) is 26.7 Å². The molecule has 1 fully saturated rings. The Bertz CT molecular complexity index is 172. The molecule has 0 radical (unpaired) electrons. The predicted molar refractivity (Wildman–Crippen MR) is 45.5 cm³/mol. The first-order chi connectivity index (χ1) is 5.65. The van der Waals surface area contributed by atoms with E-state index in [4.69, 9.17) is 0 Å². The summed E-state index contributed by atoms with van der Waals surface area (Å²) in [6.45, 7) is 4.82. The molecule has 0 aromatic heterocycles. The fourth-order valence-corrected chi connectivity index (χ4v) is 0.986. The first-order valence-corrected chi connectivity index (χ1v) is 4.57. The SMILES string of the molecule is CCC(C)CNC(=O)C1CC1F. The summed E-state index contributed by atoms with van der Waals surface area (Å²) in [4.78, 5) is 11.1. The van der Waals surface area contributed by atoms with Crippen LogP contribution in [0.3, 0.4) is 0 Å². The van der Waals surface area contributed by atoms with Gasteiger partial charge in [-0.15, -0.1) is 0 Å². The van der Waals surface area contributed by atoms with Gasteiger partial charge in [-0.2, -0.15) is 0 Å². The van der Waals surface area contributed by atoms with Crippen LogP contribution in [0.4, 0.5) is 4.39 Å². The van der Waals surface area contributed by atoms with Crippen molar-refractivity contribution >= 4 is 5.91 Å². The molecule has 0 saturated heterocycles. The molecule has 1 rings (SSSR count). The number of nitrogens with one attached hydrogen (secondary N) is 1. The molecule has 3 heteroatoms. The number of halogens is 1. The predicted octanol–water partition coefficient (Wildman–Crippen LogP) is 1.51. The van der Waals surface area contributed by atoms with Gasteiger partial charge in [0, 0.05) is 6.54 Å². The topological polar surface area (TPSA) is 29.1 Å². The van der Waals surface area contributed by atoms with Gasteiger partial charge in [0.1, 0.15) is 6.17 Å². The van der Waals surface area contributed by atoms with Crippen molar-refractivity contribution < 1.29 is 9.18 Å². The average molecular weight is 173 g/mol. The lowest BCUT2D eigenvalue weighted by Gasteiger charge is -2.08. The maximum absolute atomic E-state index is 12.4. The maximum atomic E-state index is 12.4. The highest BCUT2D eigenvalue weighted by atomic mass is 19.1. The summed E-state index contributed by atoms with van der Waals surface area (Å²) in [5.41, 5.74) is 0. The van der Waals surface area contributed by atoms with Crippen LogP contribution in [0, 0.1) is 11.8 Å². The molecule has 0 aliphatic heterocycles. The van der Waals surface area contributed by atoms with Crippen LogP contribution in [-0.4, -0.2) is 18.6 Å². The second-order valence-corrected chi connectivity index (χ2v) is 3.62. The van der Waals surface area contributed by atoms with Crippen LogP contribution in [0.25, 0.3) is 0 Å². The maximum Gasteiger partial charge on any atom is 0.226 e. The quantitative estimate of drug-likeness (QED) is 0.686. The van der Waals surface area contributed by atoms with E-state index in [0.717, 1.165) is 6.42 Å². The van der Waals surface area contributed by atoms with Gasteiger partial charge in [0.05, 0.1) is 5.92 Å². The van der Waals surface area contributed by atoms with E-state index in [1.807, 2.05) is 0 Å². The summed E-state index contributed by atoms with van der Waals surface area (Å²) in [5.74, 6) is 0.0441. The van der Waals surface area contributed by atoms with E-state index < -0.39 is 6.17 Å². The Hall–Kier alpha value is -0.600. The summed E-state index contributed by atoms with van der Waals surface area (Å²) in [6, 6.07) is 0. The van der Waals surface area contributed by atoms with Gasteiger partial charge in [-0.3, -0.25) is 4.79 Å². The van der Waals surface area contributed by atoms with Gasteiger partial charge in [0.25, 0.3) is 0 Å². The zero-order chi connectivity index (χ0) is 9.14. The molecular formula is C9H16FNO. The molecule has 12 heavy (non-hydrogen) atoms. The Morgan fingerprint density at radius 3 is 2.75 bits per heavy atom. The molecule has 2 nitrogen and oxygen atoms in total. The first-order valence-electron chi connectivity index (χ1n) is 4.57. The molecule has 0 bridgehead atoms. The molecule has 1 amide bonds. The smallest absolute Gasteiger partial charge is 0.226 e. The number of carbonyl (C=O) groups excluding carboxylic acids is 1. The van der Waals surface area contributed by atoms with Gasteiger partial charge in [0.2, 0.25) is 5.91 Å². The summed E-state index contributed by atoms with van der Waals surface area (Å²) < 4.78 is 12.4. The lowest BCUT2D eigenvalue weighted by Crippen LogP contribution is -2.29. The molecule has 3 unspecified atom stereocenters. The Balaban J connectivity index is 2.11. The molecule has 70 valence electrons. The molecule has 0 aromatic carbocycles. The molecule has 1 saturated carbocycles. The number of hydrogen-bond acceptors (Lipinski definition) is 1. The third-order valence-corrected chi connectivity index (χ3v) is 2.37. The molecule has 1 N–H and O–H groups in total. The van der Waals surface area contributed by atoms with Gasteiger partial charge in [-0.1, -0.05) is 20.3 Å². The van der Waals surface area contributed by atoms with Crippen molar-refractivity contribution in [3.05, 3.63) is 0 Å². The summed E-state index contributed by atoms with van der Waals surface area (Å²) in [7, 11) is 0. The standard InChI is InChI=1S/C9H16FNO/c1-3-6(2)5-11-9(12)7-4-8(7)10/h6-8H,3-5H2,1-2H3,(H,11,12). The van der Waals surface area contributed by atoms with Crippen molar-refractivity contribution in [2.75, 3.05) is 6.54 Å². The third-order valence-electron chi connectivity index (χ3n) is 2.37. The van der Waals surface area contributed by atoms with E-state index in [9.17, 15) is 9.18 Å². The number of carbonyl (C=O) groups is 1. The number of rotatable bonds is 4. The Kier molecular flexibility index (Phi) is 3.06. The molecular weight excluding hydrogens is 157 g/mol. The minimum Gasteiger partial charge on any atom is -0.356 e. The highest BCUT2D eigenvalue weighted by molar-refractivity contribution is 5.81. The molecule has 1 aliphatic carbocycles. The van der Waals surface area contributed by atoms with Crippen molar-refractivity contribution in [1.82, 2.24) is 5.32 Å². The Morgan fingerprint density at radius 2 is 2.33 bits per heavy atom. The molecule has 3 atom stereocenters. The van der Waals surface area contributed by atoms with Crippen LogP contribution in [0.15, 0.2) is 0 Å².